The lowest BCUT2D eigenvalue weighted by Gasteiger charge is -2.23. The summed E-state index contributed by atoms with van der Waals surface area (Å²) in [6.07, 6.45) is 2.31. The number of nitrogens with one attached hydrogen (secondary N) is 1. The van der Waals surface area contributed by atoms with Crippen molar-refractivity contribution >= 4 is 10.0 Å². The van der Waals surface area contributed by atoms with E-state index in [-0.39, 0.29) is 16.9 Å². The molecule has 1 N–H and O–H groups in total. The van der Waals surface area contributed by atoms with E-state index in [1.165, 1.54) is 6.07 Å². The molecule has 2 aliphatic heterocycles. The van der Waals surface area contributed by atoms with Gasteiger partial charge in [-0.25, -0.2) is 22.8 Å². The van der Waals surface area contributed by atoms with E-state index in [2.05, 4.69) is 14.8 Å². The molecule has 8 nitrogen and oxygen atoms in total. The number of benzene rings is 1. The number of sulfonamides is 1. The van der Waals surface area contributed by atoms with Crippen LogP contribution in [-0.4, -0.2) is 36.4 Å². The van der Waals surface area contributed by atoms with E-state index in [0.29, 0.717) is 37.0 Å². The number of hydrogen-bond acceptors (Lipinski definition) is 6. The van der Waals surface area contributed by atoms with Gasteiger partial charge in [-0.1, -0.05) is 13.8 Å². The summed E-state index contributed by atoms with van der Waals surface area (Å²) in [5.74, 6) is 2.66. The minimum absolute atomic E-state index is 0.160. The minimum Gasteiger partial charge on any atom is -0.490 e. The van der Waals surface area contributed by atoms with Gasteiger partial charge < -0.3 is 9.47 Å². The molecule has 2 aliphatic rings. The highest BCUT2D eigenvalue weighted by Crippen LogP contribution is 2.33. The summed E-state index contributed by atoms with van der Waals surface area (Å²) >= 11 is 0. The van der Waals surface area contributed by atoms with Crippen LogP contribution in [-0.2, 0) is 16.6 Å². The first-order chi connectivity index (χ1) is 12.9. The molecule has 1 aromatic carbocycles. The van der Waals surface area contributed by atoms with Gasteiger partial charge in [0.05, 0.1) is 24.2 Å². The average Bonchev–Trinajstić information content (AvgIpc) is 2.94. The molecule has 0 spiro atoms. The molecule has 9 heteroatoms. The average molecular weight is 392 g/mol. The van der Waals surface area contributed by atoms with Gasteiger partial charge in [-0.2, -0.15) is 5.10 Å². The van der Waals surface area contributed by atoms with Gasteiger partial charge in [0, 0.05) is 24.9 Å². The van der Waals surface area contributed by atoms with Crippen molar-refractivity contribution in [2.45, 2.75) is 56.5 Å². The summed E-state index contributed by atoms with van der Waals surface area (Å²) in [6, 6.07) is 4.33. The number of hydrogen-bond donors (Lipinski definition) is 1. The van der Waals surface area contributed by atoms with Crippen LogP contribution in [0.1, 0.15) is 56.7 Å². The summed E-state index contributed by atoms with van der Waals surface area (Å²) in [5, 5.41) is 4.51. The predicted molar refractivity (Wildman–Crippen MR) is 98.5 cm³/mol. The molecular weight excluding hydrogens is 368 g/mol. The Hall–Kier alpha value is -2.13. The normalized spacial score (nSPS) is 19.6. The van der Waals surface area contributed by atoms with Gasteiger partial charge in [0.2, 0.25) is 10.0 Å². The predicted octanol–water partition coefficient (Wildman–Crippen LogP) is 2.38. The standard InChI is InChI=1S/C18H24N4O4S/c1-12(2)17-19-18-14(5-3-8-22(18)20-17)21-27(23,24)13-6-7-15-16(11-13)26-10-4-9-25-15/h6-7,11-12,14,21H,3-5,8-10H2,1-2H3/t14-/m0/s1. The van der Waals surface area contributed by atoms with Crippen LogP contribution >= 0.6 is 0 Å². The number of rotatable bonds is 4. The fourth-order valence-corrected chi connectivity index (χ4v) is 4.53. The molecule has 0 bridgehead atoms. The number of fused-ring (bicyclic) bond motifs is 2. The molecule has 1 atom stereocenters. The molecule has 27 heavy (non-hydrogen) atoms. The second-order valence-corrected chi connectivity index (χ2v) is 8.90. The zero-order valence-corrected chi connectivity index (χ0v) is 16.3. The Labute approximate surface area is 158 Å². The molecule has 3 heterocycles. The third-order valence-corrected chi connectivity index (χ3v) is 6.20. The second kappa shape index (κ2) is 7.12. The van der Waals surface area contributed by atoms with Crippen molar-refractivity contribution < 1.29 is 17.9 Å². The Morgan fingerprint density at radius 1 is 1.19 bits per heavy atom. The third-order valence-electron chi connectivity index (χ3n) is 4.73. The third kappa shape index (κ3) is 3.66. The highest BCUT2D eigenvalue weighted by molar-refractivity contribution is 7.89. The van der Waals surface area contributed by atoms with Gasteiger partial charge in [-0.3, -0.25) is 0 Å². The highest BCUT2D eigenvalue weighted by Gasteiger charge is 2.30. The quantitative estimate of drug-likeness (QED) is 0.858. The Balaban J connectivity index is 1.60. The molecule has 0 fully saturated rings. The lowest BCUT2D eigenvalue weighted by Crippen LogP contribution is -2.33. The maximum absolute atomic E-state index is 13.0. The van der Waals surface area contributed by atoms with Crippen LogP contribution < -0.4 is 14.2 Å². The van der Waals surface area contributed by atoms with E-state index < -0.39 is 10.0 Å². The molecule has 0 saturated heterocycles. The van der Waals surface area contributed by atoms with Crippen molar-refractivity contribution in [1.82, 2.24) is 19.5 Å². The van der Waals surface area contributed by atoms with E-state index in [0.717, 1.165) is 25.2 Å². The fraction of sp³-hybridized carbons (Fsp3) is 0.556. The monoisotopic (exact) mass is 392 g/mol. The molecule has 0 unspecified atom stereocenters. The van der Waals surface area contributed by atoms with E-state index in [1.807, 2.05) is 18.5 Å². The van der Waals surface area contributed by atoms with Gasteiger partial charge in [0.15, 0.2) is 17.3 Å². The van der Waals surface area contributed by atoms with Crippen LogP contribution in [0.3, 0.4) is 0 Å². The zero-order valence-electron chi connectivity index (χ0n) is 15.5. The van der Waals surface area contributed by atoms with Crippen LogP contribution in [0.4, 0.5) is 0 Å². The molecule has 0 saturated carbocycles. The maximum atomic E-state index is 13.0. The van der Waals surface area contributed by atoms with Crippen LogP contribution in [0.25, 0.3) is 0 Å². The van der Waals surface area contributed by atoms with E-state index in [4.69, 9.17) is 9.47 Å². The molecule has 146 valence electrons. The van der Waals surface area contributed by atoms with Gasteiger partial charge in [0.1, 0.15) is 5.82 Å². The second-order valence-electron chi connectivity index (χ2n) is 7.18. The SMILES string of the molecule is CC(C)c1nc2n(n1)CCC[C@@H]2NS(=O)(=O)c1ccc2c(c1)OCCCO2. The Kier molecular flexibility index (Phi) is 4.81. The molecule has 0 aliphatic carbocycles. The molecule has 0 amide bonds. The maximum Gasteiger partial charge on any atom is 0.241 e. The van der Waals surface area contributed by atoms with Crippen molar-refractivity contribution in [3.8, 4) is 11.5 Å². The van der Waals surface area contributed by atoms with Gasteiger partial charge >= 0.3 is 0 Å². The van der Waals surface area contributed by atoms with Crippen molar-refractivity contribution in [3.63, 3.8) is 0 Å². The summed E-state index contributed by atoms with van der Waals surface area (Å²) in [5.41, 5.74) is 0. The van der Waals surface area contributed by atoms with Gasteiger partial charge in [-0.05, 0) is 25.0 Å². The molecule has 4 rings (SSSR count). The zero-order chi connectivity index (χ0) is 19.0. The molecule has 0 radical (unpaired) electrons. The van der Waals surface area contributed by atoms with Crippen LogP contribution in [0, 0.1) is 0 Å². The Morgan fingerprint density at radius 2 is 1.96 bits per heavy atom. The van der Waals surface area contributed by atoms with Gasteiger partial charge in [0.25, 0.3) is 0 Å². The van der Waals surface area contributed by atoms with Crippen molar-refractivity contribution in [3.05, 3.63) is 29.8 Å². The first-order valence-corrected chi connectivity index (χ1v) is 10.8. The molecule has 2 aromatic rings. The lowest BCUT2D eigenvalue weighted by molar-refractivity contribution is 0.297. The van der Waals surface area contributed by atoms with Gasteiger partial charge in [-0.15, -0.1) is 0 Å². The summed E-state index contributed by atoms with van der Waals surface area (Å²) in [6.45, 7) is 5.88. The van der Waals surface area contributed by atoms with E-state index in [1.54, 1.807) is 12.1 Å². The lowest BCUT2D eigenvalue weighted by atomic mass is 10.1. The minimum atomic E-state index is -3.73. The van der Waals surface area contributed by atoms with E-state index in [9.17, 15) is 8.42 Å². The molecular formula is C18H24N4O4S. The van der Waals surface area contributed by atoms with E-state index >= 15 is 0 Å². The first-order valence-electron chi connectivity index (χ1n) is 9.30. The summed E-state index contributed by atoms with van der Waals surface area (Å²) in [7, 11) is -3.73. The largest absolute Gasteiger partial charge is 0.490 e. The molecule has 1 aromatic heterocycles. The van der Waals surface area contributed by atoms with Crippen LogP contribution in [0.5, 0.6) is 11.5 Å². The van der Waals surface area contributed by atoms with Crippen molar-refractivity contribution in [2.24, 2.45) is 0 Å². The highest BCUT2D eigenvalue weighted by atomic mass is 32.2. The topological polar surface area (TPSA) is 95.3 Å². The van der Waals surface area contributed by atoms with Crippen LogP contribution in [0.2, 0.25) is 0 Å². The number of ether oxygens (including phenoxy) is 2. The summed E-state index contributed by atoms with van der Waals surface area (Å²) < 4.78 is 41.7. The smallest absolute Gasteiger partial charge is 0.241 e. The number of aryl methyl sites for hydroxylation is 1. The van der Waals surface area contributed by atoms with Crippen LogP contribution in [0.15, 0.2) is 23.1 Å². The Morgan fingerprint density at radius 3 is 2.74 bits per heavy atom. The first kappa shape index (κ1) is 18.2. The van der Waals surface area contributed by atoms with Crippen molar-refractivity contribution in [2.75, 3.05) is 13.2 Å². The van der Waals surface area contributed by atoms with Crippen molar-refractivity contribution in [1.29, 1.82) is 0 Å². The number of nitrogens with zero attached hydrogens (tertiary/aromatic N) is 3. The summed E-state index contributed by atoms with van der Waals surface area (Å²) in [4.78, 5) is 4.73. The Bertz CT molecular complexity index is 939. The fourth-order valence-electron chi connectivity index (χ4n) is 3.29. The number of aromatic nitrogens is 3.